The first kappa shape index (κ1) is 21.7. The van der Waals surface area contributed by atoms with Crippen molar-refractivity contribution in [1.82, 2.24) is 0 Å². The maximum absolute atomic E-state index is 12.4. The number of benzene rings is 2. The maximum atomic E-state index is 12.4. The number of halogens is 1. The predicted molar refractivity (Wildman–Crippen MR) is 110 cm³/mol. The van der Waals surface area contributed by atoms with Crippen LogP contribution >= 0.6 is 11.6 Å². The second-order valence-corrected chi connectivity index (χ2v) is 6.04. The zero-order valence-electron chi connectivity index (χ0n) is 16.2. The average molecular weight is 409 g/mol. The highest BCUT2D eigenvalue weighted by Crippen LogP contribution is 2.33. The Morgan fingerprint density at radius 3 is 2.61 bits per heavy atom. The summed E-state index contributed by atoms with van der Waals surface area (Å²) in [5, 5.41) is 6.30. The van der Waals surface area contributed by atoms with Crippen LogP contribution in [0.5, 0.6) is 17.2 Å². The molecule has 2 aromatic rings. The lowest BCUT2D eigenvalue weighted by Gasteiger charge is -2.15. The van der Waals surface area contributed by atoms with Crippen molar-refractivity contribution in [3.63, 3.8) is 0 Å². The molecule has 0 atom stereocenters. The highest BCUT2D eigenvalue weighted by Gasteiger charge is 2.12. The molecule has 7 nitrogen and oxygen atoms in total. The Kier molecular flexibility index (Phi) is 8.71. The van der Waals surface area contributed by atoms with Gasteiger partial charge in [0.25, 0.3) is 0 Å². The number of anilines is 2. The second-order valence-electron chi connectivity index (χ2n) is 5.63. The molecule has 8 heteroatoms. The van der Waals surface area contributed by atoms with Crippen molar-refractivity contribution in [1.29, 1.82) is 0 Å². The van der Waals surface area contributed by atoms with Crippen molar-refractivity contribution < 1.29 is 23.7 Å². The van der Waals surface area contributed by atoms with Gasteiger partial charge in [-0.25, -0.2) is 0 Å². The third-order valence-electron chi connectivity index (χ3n) is 3.77. The molecule has 0 saturated carbocycles. The lowest BCUT2D eigenvalue weighted by Crippen LogP contribution is -2.22. The highest BCUT2D eigenvalue weighted by molar-refractivity contribution is 6.32. The van der Waals surface area contributed by atoms with E-state index in [0.29, 0.717) is 53.5 Å². The van der Waals surface area contributed by atoms with Crippen LogP contribution in [-0.2, 0) is 9.53 Å². The van der Waals surface area contributed by atoms with Gasteiger partial charge in [0.05, 0.1) is 43.8 Å². The summed E-state index contributed by atoms with van der Waals surface area (Å²) in [5.41, 5.74) is 1.14. The van der Waals surface area contributed by atoms with Crippen molar-refractivity contribution in [2.75, 3.05) is 51.2 Å². The lowest BCUT2D eigenvalue weighted by molar-refractivity contribution is -0.114. The molecule has 0 bridgehead atoms. The largest absolute Gasteiger partial charge is 0.497 e. The quantitative estimate of drug-likeness (QED) is 0.550. The van der Waals surface area contributed by atoms with Crippen LogP contribution in [0.3, 0.4) is 0 Å². The fraction of sp³-hybridized carbons (Fsp3) is 0.350. The van der Waals surface area contributed by atoms with E-state index < -0.39 is 0 Å². The van der Waals surface area contributed by atoms with Gasteiger partial charge in [0.2, 0.25) is 5.91 Å². The third kappa shape index (κ3) is 6.21. The molecular formula is C20H25ClN2O5. The second kappa shape index (κ2) is 11.3. The van der Waals surface area contributed by atoms with E-state index in [1.807, 2.05) is 6.92 Å². The predicted octanol–water partition coefficient (Wildman–Crippen LogP) is 3.82. The number of nitrogens with one attached hydrogen (secondary N) is 2. The molecule has 0 aliphatic rings. The summed E-state index contributed by atoms with van der Waals surface area (Å²) >= 11 is 6.22. The summed E-state index contributed by atoms with van der Waals surface area (Å²) in [6.45, 7) is 3.36. The molecule has 0 fully saturated rings. The lowest BCUT2D eigenvalue weighted by atomic mass is 10.2. The molecule has 0 aliphatic heterocycles. The van der Waals surface area contributed by atoms with E-state index in [1.54, 1.807) is 43.5 Å². The number of hydrogen-bond acceptors (Lipinski definition) is 6. The molecule has 0 spiro atoms. The van der Waals surface area contributed by atoms with Crippen molar-refractivity contribution in [2.24, 2.45) is 0 Å². The van der Waals surface area contributed by atoms with E-state index in [0.717, 1.165) is 0 Å². The van der Waals surface area contributed by atoms with Gasteiger partial charge in [0.15, 0.2) is 5.75 Å². The van der Waals surface area contributed by atoms with Crippen molar-refractivity contribution >= 4 is 28.9 Å². The third-order valence-corrected chi connectivity index (χ3v) is 4.06. The van der Waals surface area contributed by atoms with Crippen LogP contribution in [0.1, 0.15) is 6.92 Å². The summed E-state index contributed by atoms with van der Waals surface area (Å²) in [4.78, 5) is 12.4. The Labute approximate surface area is 169 Å². The van der Waals surface area contributed by atoms with Crippen molar-refractivity contribution in [2.45, 2.75) is 6.92 Å². The number of carbonyl (C=O) groups excluding carboxylic acids is 1. The first-order valence-electron chi connectivity index (χ1n) is 8.83. The normalized spacial score (nSPS) is 10.3. The molecule has 0 heterocycles. The molecule has 28 heavy (non-hydrogen) atoms. The summed E-state index contributed by atoms with van der Waals surface area (Å²) in [6, 6.07) is 10.5. The zero-order valence-corrected chi connectivity index (χ0v) is 17.0. The van der Waals surface area contributed by atoms with E-state index in [1.165, 1.54) is 7.11 Å². The van der Waals surface area contributed by atoms with Crippen LogP contribution in [0.2, 0.25) is 5.02 Å². The van der Waals surface area contributed by atoms with Crippen LogP contribution in [0.4, 0.5) is 11.4 Å². The Morgan fingerprint density at radius 2 is 1.89 bits per heavy atom. The smallest absolute Gasteiger partial charge is 0.243 e. The number of methoxy groups -OCH3 is 2. The molecular weight excluding hydrogens is 384 g/mol. The minimum atomic E-state index is -0.258. The molecule has 1 amide bonds. The average Bonchev–Trinajstić information content (AvgIpc) is 2.70. The van der Waals surface area contributed by atoms with E-state index in [-0.39, 0.29) is 12.5 Å². The Bertz CT molecular complexity index is 785. The van der Waals surface area contributed by atoms with Gasteiger partial charge in [-0.05, 0) is 31.2 Å². The minimum absolute atomic E-state index is 0.0164. The fourth-order valence-electron chi connectivity index (χ4n) is 2.42. The molecule has 0 aromatic heterocycles. The van der Waals surface area contributed by atoms with Gasteiger partial charge in [-0.2, -0.15) is 0 Å². The van der Waals surface area contributed by atoms with Gasteiger partial charge in [-0.3, -0.25) is 4.79 Å². The van der Waals surface area contributed by atoms with Crippen molar-refractivity contribution in [3.05, 3.63) is 41.4 Å². The number of amides is 1. The molecule has 2 N–H and O–H groups in total. The summed E-state index contributed by atoms with van der Waals surface area (Å²) in [5.74, 6) is 1.38. The van der Waals surface area contributed by atoms with Gasteiger partial charge in [-0.1, -0.05) is 17.7 Å². The fourth-order valence-corrected chi connectivity index (χ4v) is 2.65. The molecule has 2 aromatic carbocycles. The van der Waals surface area contributed by atoms with Gasteiger partial charge in [0, 0.05) is 12.7 Å². The number of hydrogen-bond donors (Lipinski definition) is 2. The first-order valence-corrected chi connectivity index (χ1v) is 9.21. The molecule has 0 saturated heterocycles. The van der Waals surface area contributed by atoms with Crippen LogP contribution in [-0.4, -0.2) is 46.5 Å². The van der Waals surface area contributed by atoms with E-state index in [2.05, 4.69) is 10.6 Å². The summed E-state index contributed by atoms with van der Waals surface area (Å²) in [6.07, 6.45) is 0. The summed E-state index contributed by atoms with van der Waals surface area (Å²) < 4.78 is 21.4. The van der Waals surface area contributed by atoms with E-state index >= 15 is 0 Å². The number of para-hydroxylation sites is 1. The number of carbonyl (C=O) groups is 1. The monoisotopic (exact) mass is 408 g/mol. The van der Waals surface area contributed by atoms with Gasteiger partial charge >= 0.3 is 0 Å². The number of ether oxygens (including phenoxy) is 4. The molecule has 152 valence electrons. The van der Waals surface area contributed by atoms with Crippen LogP contribution in [0.15, 0.2) is 36.4 Å². The number of rotatable bonds is 11. The van der Waals surface area contributed by atoms with Crippen LogP contribution in [0, 0.1) is 0 Å². The first-order chi connectivity index (χ1) is 13.6. The van der Waals surface area contributed by atoms with Gasteiger partial charge < -0.3 is 29.6 Å². The van der Waals surface area contributed by atoms with E-state index in [9.17, 15) is 4.79 Å². The van der Waals surface area contributed by atoms with Crippen LogP contribution in [0.25, 0.3) is 0 Å². The Morgan fingerprint density at radius 1 is 1.07 bits per heavy atom. The summed E-state index contributed by atoms with van der Waals surface area (Å²) in [7, 11) is 3.09. The highest BCUT2D eigenvalue weighted by atomic mass is 35.5. The SMILES string of the molecule is CCOCCOc1c(Cl)cccc1NCC(=O)Nc1cc(OC)ccc1OC. The molecule has 0 aliphatic carbocycles. The van der Waals surface area contributed by atoms with Gasteiger partial charge in [-0.15, -0.1) is 0 Å². The molecule has 2 rings (SSSR count). The Hall–Kier alpha value is -2.64. The zero-order chi connectivity index (χ0) is 20.4. The topological polar surface area (TPSA) is 78.1 Å². The molecule has 0 radical (unpaired) electrons. The standard InChI is InChI=1S/C20H25ClN2O5/c1-4-27-10-11-28-20-15(21)6-5-7-16(20)22-13-19(24)23-17-12-14(25-2)8-9-18(17)26-3/h5-9,12,22H,4,10-11,13H2,1-3H3,(H,23,24). The minimum Gasteiger partial charge on any atom is -0.497 e. The van der Waals surface area contributed by atoms with Crippen LogP contribution < -0.4 is 24.8 Å². The Balaban J connectivity index is 2.00. The maximum Gasteiger partial charge on any atom is 0.243 e. The van der Waals surface area contributed by atoms with Gasteiger partial charge in [0.1, 0.15) is 18.1 Å². The van der Waals surface area contributed by atoms with E-state index in [4.69, 9.17) is 30.5 Å². The van der Waals surface area contributed by atoms with Crippen molar-refractivity contribution in [3.8, 4) is 17.2 Å². The molecule has 0 unspecified atom stereocenters.